The topological polar surface area (TPSA) is 21.3 Å². The van der Waals surface area contributed by atoms with Crippen LogP contribution >= 0.6 is 15.9 Å². The molecule has 0 aliphatic heterocycles. The largest absolute Gasteiger partial charge is 0.379 e. The van der Waals surface area contributed by atoms with Crippen LogP contribution in [0.2, 0.25) is 0 Å². The molecule has 0 aliphatic carbocycles. The molecular formula is C14H20BrF2NO. The SMILES string of the molecule is CC(C)OCCCCNCc1c(F)ccc(Br)c1F. The molecule has 0 spiro atoms. The second-order valence-corrected chi connectivity index (χ2v) is 5.48. The van der Waals surface area contributed by atoms with E-state index < -0.39 is 11.6 Å². The molecule has 0 heterocycles. The summed E-state index contributed by atoms with van der Waals surface area (Å²) < 4.78 is 32.8. The summed E-state index contributed by atoms with van der Waals surface area (Å²) >= 11 is 3.05. The maximum absolute atomic E-state index is 13.6. The summed E-state index contributed by atoms with van der Waals surface area (Å²) in [5.74, 6) is -1.05. The zero-order valence-corrected chi connectivity index (χ0v) is 12.9. The first-order valence-corrected chi connectivity index (χ1v) is 7.26. The maximum Gasteiger partial charge on any atom is 0.144 e. The van der Waals surface area contributed by atoms with E-state index in [1.807, 2.05) is 13.8 Å². The summed E-state index contributed by atoms with van der Waals surface area (Å²) in [4.78, 5) is 0. The molecule has 108 valence electrons. The smallest absolute Gasteiger partial charge is 0.144 e. The molecule has 1 aromatic carbocycles. The predicted molar refractivity (Wildman–Crippen MR) is 76.1 cm³/mol. The van der Waals surface area contributed by atoms with Gasteiger partial charge in [0.25, 0.3) is 0 Å². The van der Waals surface area contributed by atoms with Gasteiger partial charge in [0, 0.05) is 18.7 Å². The predicted octanol–water partition coefficient (Wildman–Crippen LogP) is 4.02. The molecule has 0 saturated carbocycles. The van der Waals surface area contributed by atoms with Crippen molar-refractivity contribution in [3.63, 3.8) is 0 Å². The van der Waals surface area contributed by atoms with Gasteiger partial charge in [0.05, 0.1) is 10.6 Å². The first-order valence-electron chi connectivity index (χ1n) is 6.47. The molecule has 0 atom stereocenters. The summed E-state index contributed by atoms with van der Waals surface area (Å²) in [6.07, 6.45) is 2.11. The van der Waals surface area contributed by atoms with Crippen molar-refractivity contribution in [2.75, 3.05) is 13.2 Å². The van der Waals surface area contributed by atoms with Gasteiger partial charge in [-0.1, -0.05) is 0 Å². The Kier molecular flexibility index (Phi) is 7.49. The lowest BCUT2D eigenvalue weighted by molar-refractivity contribution is 0.0760. The fourth-order valence-electron chi connectivity index (χ4n) is 1.62. The number of benzene rings is 1. The minimum Gasteiger partial charge on any atom is -0.379 e. The first kappa shape index (κ1) is 16.5. The number of halogens is 3. The third-order valence-electron chi connectivity index (χ3n) is 2.64. The van der Waals surface area contributed by atoms with Gasteiger partial charge in [-0.05, 0) is 61.3 Å². The second-order valence-electron chi connectivity index (χ2n) is 4.63. The summed E-state index contributed by atoms with van der Waals surface area (Å²) in [5, 5.41) is 3.04. The molecule has 0 saturated heterocycles. The number of hydrogen-bond donors (Lipinski definition) is 1. The number of nitrogens with one attached hydrogen (secondary N) is 1. The minimum atomic E-state index is -0.532. The number of unbranched alkanes of at least 4 members (excludes halogenated alkanes) is 1. The van der Waals surface area contributed by atoms with E-state index >= 15 is 0 Å². The van der Waals surface area contributed by atoms with E-state index in [9.17, 15) is 8.78 Å². The van der Waals surface area contributed by atoms with Crippen molar-refractivity contribution >= 4 is 15.9 Å². The fraction of sp³-hybridized carbons (Fsp3) is 0.571. The van der Waals surface area contributed by atoms with Gasteiger partial charge in [0.15, 0.2) is 0 Å². The molecular weight excluding hydrogens is 316 g/mol. The molecule has 0 aromatic heterocycles. The average Bonchev–Trinajstić information content (AvgIpc) is 2.36. The van der Waals surface area contributed by atoms with Crippen LogP contribution in [0.25, 0.3) is 0 Å². The van der Waals surface area contributed by atoms with Crippen molar-refractivity contribution < 1.29 is 13.5 Å². The molecule has 1 N–H and O–H groups in total. The highest BCUT2D eigenvalue weighted by atomic mass is 79.9. The summed E-state index contributed by atoms with van der Waals surface area (Å²) in [7, 11) is 0. The quantitative estimate of drug-likeness (QED) is 0.572. The molecule has 0 unspecified atom stereocenters. The third-order valence-corrected chi connectivity index (χ3v) is 3.25. The van der Waals surface area contributed by atoms with Gasteiger partial charge in [-0.2, -0.15) is 0 Å². The Morgan fingerprint density at radius 3 is 2.68 bits per heavy atom. The molecule has 1 aromatic rings. The van der Waals surface area contributed by atoms with E-state index in [1.54, 1.807) is 0 Å². The monoisotopic (exact) mass is 335 g/mol. The summed E-state index contributed by atoms with van der Waals surface area (Å²) in [5.41, 5.74) is 0.0767. The normalized spacial score (nSPS) is 11.3. The van der Waals surface area contributed by atoms with E-state index in [0.717, 1.165) is 19.4 Å². The lowest BCUT2D eigenvalue weighted by Gasteiger charge is -2.09. The van der Waals surface area contributed by atoms with E-state index in [1.165, 1.54) is 12.1 Å². The second kappa shape index (κ2) is 8.61. The maximum atomic E-state index is 13.6. The molecule has 0 bridgehead atoms. The van der Waals surface area contributed by atoms with Crippen LogP contribution in [-0.4, -0.2) is 19.3 Å². The lowest BCUT2D eigenvalue weighted by Crippen LogP contribution is -2.17. The van der Waals surface area contributed by atoms with Crippen LogP contribution in [0.4, 0.5) is 8.78 Å². The van der Waals surface area contributed by atoms with Crippen molar-refractivity contribution in [3.8, 4) is 0 Å². The van der Waals surface area contributed by atoms with Crippen molar-refractivity contribution in [2.45, 2.75) is 39.3 Å². The highest BCUT2D eigenvalue weighted by molar-refractivity contribution is 9.10. The standard InChI is InChI=1S/C14H20BrF2NO/c1-10(2)19-8-4-3-7-18-9-11-13(16)6-5-12(15)14(11)17/h5-6,10,18H,3-4,7-9H2,1-2H3. The summed E-state index contributed by atoms with van der Waals surface area (Å²) in [6, 6.07) is 2.64. The van der Waals surface area contributed by atoms with Gasteiger partial charge in [-0.15, -0.1) is 0 Å². The number of ether oxygens (including phenoxy) is 1. The Bertz CT molecular complexity index is 399. The van der Waals surface area contributed by atoms with Crippen LogP contribution in [0.1, 0.15) is 32.3 Å². The molecule has 0 amide bonds. The van der Waals surface area contributed by atoms with E-state index in [0.29, 0.717) is 6.54 Å². The van der Waals surface area contributed by atoms with Gasteiger partial charge in [-0.25, -0.2) is 8.78 Å². The van der Waals surface area contributed by atoms with Crippen LogP contribution in [0, 0.1) is 11.6 Å². The van der Waals surface area contributed by atoms with Crippen molar-refractivity contribution in [3.05, 3.63) is 33.8 Å². The van der Waals surface area contributed by atoms with Gasteiger partial charge < -0.3 is 10.1 Å². The summed E-state index contributed by atoms with van der Waals surface area (Å²) in [6.45, 7) is 5.63. The van der Waals surface area contributed by atoms with Gasteiger partial charge in [-0.3, -0.25) is 0 Å². The van der Waals surface area contributed by atoms with Crippen LogP contribution in [0.5, 0.6) is 0 Å². The van der Waals surface area contributed by atoms with Crippen LogP contribution in [-0.2, 0) is 11.3 Å². The molecule has 1 rings (SSSR count). The molecule has 19 heavy (non-hydrogen) atoms. The van der Waals surface area contributed by atoms with Crippen LogP contribution in [0.3, 0.4) is 0 Å². The Labute approximate surface area is 121 Å². The van der Waals surface area contributed by atoms with Crippen LogP contribution in [0.15, 0.2) is 16.6 Å². The van der Waals surface area contributed by atoms with Gasteiger partial charge in [0.1, 0.15) is 11.6 Å². The first-order chi connectivity index (χ1) is 9.02. The molecule has 0 fully saturated rings. The fourth-order valence-corrected chi connectivity index (χ4v) is 1.99. The molecule has 0 aliphatic rings. The minimum absolute atomic E-state index is 0.0767. The molecule has 0 radical (unpaired) electrons. The highest BCUT2D eigenvalue weighted by Gasteiger charge is 2.11. The zero-order valence-electron chi connectivity index (χ0n) is 11.3. The lowest BCUT2D eigenvalue weighted by atomic mass is 10.2. The van der Waals surface area contributed by atoms with E-state index in [-0.39, 0.29) is 22.7 Å². The van der Waals surface area contributed by atoms with E-state index in [4.69, 9.17) is 4.74 Å². The van der Waals surface area contributed by atoms with E-state index in [2.05, 4.69) is 21.2 Å². The third kappa shape index (κ3) is 5.97. The Hall–Kier alpha value is -0.520. The Morgan fingerprint density at radius 1 is 1.26 bits per heavy atom. The van der Waals surface area contributed by atoms with Crippen LogP contribution < -0.4 is 5.32 Å². The molecule has 5 heteroatoms. The Balaban J connectivity index is 2.25. The van der Waals surface area contributed by atoms with Crippen molar-refractivity contribution in [1.29, 1.82) is 0 Å². The average molecular weight is 336 g/mol. The van der Waals surface area contributed by atoms with Crippen molar-refractivity contribution in [2.24, 2.45) is 0 Å². The van der Waals surface area contributed by atoms with Gasteiger partial charge in [0.2, 0.25) is 0 Å². The highest BCUT2D eigenvalue weighted by Crippen LogP contribution is 2.21. The van der Waals surface area contributed by atoms with Gasteiger partial charge >= 0.3 is 0 Å². The Morgan fingerprint density at radius 2 is 2.00 bits per heavy atom. The molecule has 2 nitrogen and oxygen atoms in total. The number of hydrogen-bond acceptors (Lipinski definition) is 2. The zero-order chi connectivity index (χ0) is 14.3. The van der Waals surface area contributed by atoms with Crippen molar-refractivity contribution in [1.82, 2.24) is 5.32 Å². The number of rotatable bonds is 8.